The summed E-state index contributed by atoms with van der Waals surface area (Å²) in [5.41, 5.74) is 5.91. The van der Waals surface area contributed by atoms with Crippen molar-refractivity contribution in [2.75, 3.05) is 27.6 Å². The normalized spacial score (nSPS) is 18.3. The van der Waals surface area contributed by atoms with Crippen LogP contribution in [0.25, 0.3) is 11.8 Å². The maximum atomic E-state index is 5.84. The smallest absolute Gasteiger partial charge is 0.231 e. The molecule has 1 unspecified atom stereocenters. The van der Waals surface area contributed by atoms with E-state index in [-0.39, 0.29) is 13.0 Å². The van der Waals surface area contributed by atoms with Crippen LogP contribution in [-0.2, 0) is 6.42 Å². The van der Waals surface area contributed by atoms with Gasteiger partial charge in [-0.05, 0) is 54.0 Å². The summed E-state index contributed by atoms with van der Waals surface area (Å²) in [7, 11) is 3.38. The van der Waals surface area contributed by atoms with Crippen LogP contribution in [0.5, 0.6) is 23.0 Å². The molecule has 1 atom stereocenters. The molecule has 6 rings (SSSR count). The van der Waals surface area contributed by atoms with Gasteiger partial charge < -0.3 is 28.4 Å². The van der Waals surface area contributed by atoms with Crippen LogP contribution in [0.3, 0.4) is 0 Å². The van der Waals surface area contributed by atoms with Crippen LogP contribution in [0.2, 0.25) is 0 Å². The lowest BCUT2D eigenvalue weighted by molar-refractivity contribution is 0.174. The Kier molecular flexibility index (Phi) is 3.75. The van der Waals surface area contributed by atoms with E-state index < -0.39 is 0 Å². The molecule has 2 aromatic carbocycles. The number of rotatable bonds is 3. The van der Waals surface area contributed by atoms with E-state index in [0.29, 0.717) is 0 Å². The van der Waals surface area contributed by atoms with Crippen molar-refractivity contribution < 1.29 is 18.9 Å². The lowest BCUT2D eigenvalue weighted by atomic mass is 9.88. The predicted molar refractivity (Wildman–Crippen MR) is 113 cm³/mol. The lowest BCUT2D eigenvalue weighted by Gasteiger charge is -2.44. The first-order valence-electron chi connectivity index (χ1n) is 10.1. The monoisotopic (exact) mass is 402 g/mol. The molecular weight excluding hydrogens is 380 g/mol. The largest absolute Gasteiger partial charge is 0.493 e. The van der Waals surface area contributed by atoms with Gasteiger partial charge in [0.1, 0.15) is 6.17 Å². The van der Waals surface area contributed by atoms with Crippen molar-refractivity contribution in [2.45, 2.75) is 12.6 Å². The van der Waals surface area contributed by atoms with Gasteiger partial charge in [-0.3, -0.25) is 0 Å². The summed E-state index contributed by atoms with van der Waals surface area (Å²) in [5.74, 6) is 3.17. The molecule has 0 radical (unpaired) electrons. The third-order valence-corrected chi connectivity index (χ3v) is 6.18. The van der Waals surface area contributed by atoms with Gasteiger partial charge in [0.15, 0.2) is 23.0 Å². The predicted octanol–water partition coefficient (Wildman–Crippen LogP) is 4.15. The molecule has 0 spiro atoms. The van der Waals surface area contributed by atoms with Gasteiger partial charge in [-0.25, -0.2) is 0 Å². The lowest BCUT2D eigenvalue weighted by Crippen LogP contribution is -2.38. The van der Waals surface area contributed by atoms with E-state index in [1.54, 1.807) is 14.2 Å². The molecule has 0 fully saturated rings. The molecule has 0 saturated heterocycles. The molecule has 0 aliphatic carbocycles. The fourth-order valence-corrected chi connectivity index (χ4v) is 4.84. The summed E-state index contributed by atoms with van der Waals surface area (Å²) in [6, 6.07) is 12.4. The Bertz CT molecular complexity index is 1170. The summed E-state index contributed by atoms with van der Waals surface area (Å²) >= 11 is 0. The highest BCUT2D eigenvalue weighted by Gasteiger charge is 2.37. The minimum atomic E-state index is -0.0291. The van der Waals surface area contributed by atoms with Gasteiger partial charge in [-0.1, -0.05) is 6.07 Å². The first-order chi connectivity index (χ1) is 14.8. The SMILES string of the molecule is COc1ccc2c(c1OC)C(n1cccc1)N1CCc3cc4c(cc3C1=C2)OCO4. The van der Waals surface area contributed by atoms with Gasteiger partial charge in [0, 0.05) is 35.8 Å². The van der Waals surface area contributed by atoms with Crippen molar-refractivity contribution in [1.82, 2.24) is 9.47 Å². The van der Waals surface area contributed by atoms with Crippen molar-refractivity contribution in [3.8, 4) is 23.0 Å². The van der Waals surface area contributed by atoms with Crippen molar-refractivity contribution in [1.29, 1.82) is 0 Å². The second kappa shape index (κ2) is 6.49. The van der Waals surface area contributed by atoms with Crippen molar-refractivity contribution in [2.24, 2.45) is 0 Å². The van der Waals surface area contributed by atoms with E-state index in [1.165, 1.54) is 16.8 Å². The Morgan fingerprint density at radius 2 is 1.80 bits per heavy atom. The van der Waals surface area contributed by atoms with Crippen LogP contribution in [0.4, 0.5) is 0 Å². The fourth-order valence-electron chi connectivity index (χ4n) is 4.84. The summed E-state index contributed by atoms with van der Waals surface area (Å²) in [6.07, 6.45) is 7.36. The summed E-state index contributed by atoms with van der Waals surface area (Å²) in [5, 5.41) is 0. The summed E-state index contributed by atoms with van der Waals surface area (Å²) in [6.45, 7) is 1.17. The van der Waals surface area contributed by atoms with E-state index in [1.807, 2.05) is 6.07 Å². The molecule has 0 bridgehead atoms. The number of methoxy groups -OCH3 is 2. The minimum absolute atomic E-state index is 0.0291. The highest BCUT2D eigenvalue weighted by Crippen LogP contribution is 2.50. The number of benzene rings is 2. The van der Waals surface area contributed by atoms with Gasteiger partial charge in [0.25, 0.3) is 0 Å². The van der Waals surface area contributed by atoms with Crippen LogP contribution in [-0.4, -0.2) is 37.0 Å². The van der Waals surface area contributed by atoms with Gasteiger partial charge in [0.05, 0.1) is 14.2 Å². The molecule has 152 valence electrons. The maximum absolute atomic E-state index is 5.84. The Morgan fingerprint density at radius 1 is 1.00 bits per heavy atom. The van der Waals surface area contributed by atoms with E-state index in [0.717, 1.165) is 47.1 Å². The summed E-state index contributed by atoms with van der Waals surface area (Å²) in [4.78, 5) is 2.44. The van der Waals surface area contributed by atoms with E-state index in [9.17, 15) is 0 Å². The zero-order chi connectivity index (χ0) is 20.2. The molecule has 30 heavy (non-hydrogen) atoms. The van der Waals surface area contributed by atoms with Crippen molar-refractivity contribution in [3.63, 3.8) is 0 Å². The number of nitrogens with zero attached hydrogens (tertiary/aromatic N) is 2. The molecule has 6 nitrogen and oxygen atoms in total. The second-order valence-corrected chi connectivity index (χ2v) is 7.64. The van der Waals surface area contributed by atoms with Crippen LogP contribution in [0.1, 0.15) is 28.4 Å². The van der Waals surface area contributed by atoms with Gasteiger partial charge in [-0.2, -0.15) is 0 Å². The Labute approximate surface area is 174 Å². The van der Waals surface area contributed by atoms with Gasteiger partial charge in [0.2, 0.25) is 6.79 Å². The molecule has 4 heterocycles. The fraction of sp³-hybridized carbons (Fsp3) is 0.250. The highest BCUT2D eigenvalue weighted by molar-refractivity contribution is 5.88. The molecule has 3 aliphatic heterocycles. The zero-order valence-electron chi connectivity index (χ0n) is 16.9. The maximum Gasteiger partial charge on any atom is 0.231 e. The average Bonchev–Trinajstić information content (AvgIpc) is 3.47. The Balaban J connectivity index is 1.60. The molecular formula is C24H22N2O4. The molecule has 0 amide bonds. The van der Waals surface area contributed by atoms with E-state index >= 15 is 0 Å². The molecule has 0 N–H and O–H groups in total. The third-order valence-electron chi connectivity index (χ3n) is 6.18. The molecule has 1 aromatic heterocycles. The molecule has 0 saturated carbocycles. The van der Waals surface area contributed by atoms with Crippen LogP contribution in [0, 0.1) is 0 Å². The van der Waals surface area contributed by atoms with Crippen LogP contribution < -0.4 is 18.9 Å². The second-order valence-electron chi connectivity index (χ2n) is 7.64. The molecule has 3 aliphatic rings. The standard InChI is InChI=1S/C24H22N2O4/c1-27-19-6-5-16-11-18-17-13-21-20(29-14-30-21)12-15(17)7-10-26(18)24(22(16)23(19)28-2)25-8-3-4-9-25/h3-6,8-9,11-13,24H,7,10,14H2,1-2H3. The number of hydrogen-bond acceptors (Lipinski definition) is 5. The van der Waals surface area contributed by atoms with Crippen molar-refractivity contribution >= 4 is 11.8 Å². The third kappa shape index (κ3) is 2.36. The Morgan fingerprint density at radius 3 is 2.57 bits per heavy atom. The van der Waals surface area contributed by atoms with E-state index in [4.69, 9.17) is 18.9 Å². The summed E-state index contributed by atoms with van der Waals surface area (Å²) < 4.78 is 24.9. The number of ether oxygens (including phenoxy) is 4. The Hall–Kier alpha value is -3.54. The van der Waals surface area contributed by atoms with Crippen LogP contribution >= 0.6 is 0 Å². The highest BCUT2D eigenvalue weighted by atomic mass is 16.7. The minimum Gasteiger partial charge on any atom is -0.493 e. The van der Waals surface area contributed by atoms with E-state index in [2.05, 4.69) is 58.3 Å². The molecule has 3 aromatic rings. The number of fused-ring (bicyclic) bond motifs is 5. The van der Waals surface area contributed by atoms with Crippen LogP contribution in [0.15, 0.2) is 48.8 Å². The van der Waals surface area contributed by atoms with Crippen molar-refractivity contribution in [3.05, 3.63) is 71.0 Å². The first-order valence-corrected chi connectivity index (χ1v) is 10.1. The van der Waals surface area contributed by atoms with Gasteiger partial charge in [-0.15, -0.1) is 0 Å². The quantitative estimate of drug-likeness (QED) is 0.659. The number of aromatic nitrogens is 1. The number of hydrogen-bond donors (Lipinski definition) is 0. The average molecular weight is 402 g/mol. The van der Waals surface area contributed by atoms with Gasteiger partial charge >= 0.3 is 0 Å². The topological polar surface area (TPSA) is 45.1 Å². The first kappa shape index (κ1) is 17.3. The molecule has 6 heteroatoms. The zero-order valence-corrected chi connectivity index (χ0v) is 16.9.